The number of benzene rings is 1. The first-order valence-electron chi connectivity index (χ1n) is 5.78. The predicted octanol–water partition coefficient (Wildman–Crippen LogP) is -0.402. The zero-order chi connectivity index (χ0) is 17.1. The number of aliphatic hydroxyl groups is 4. The Balaban J connectivity index is 3.40. The Morgan fingerprint density at radius 3 is 2.09 bits per heavy atom. The zero-order valence-electron chi connectivity index (χ0n) is 12.0. The topological polar surface area (TPSA) is 138 Å². The van der Waals surface area contributed by atoms with Crippen LogP contribution in [0.5, 0.6) is 11.5 Å². The summed E-state index contributed by atoms with van der Waals surface area (Å²) < 4.78 is 14.6. The van der Waals surface area contributed by atoms with E-state index in [2.05, 4.69) is 20.7 Å². The Labute approximate surface area is 134 Å². The molecule has 0 atom stereocenters. The highest BCUT2D eigenvalue weighted by Gasteiger charge is 2.52. The lowest BCUT2D eigenvalue weighted by Crippen LogP contribution is -2.63. The maximum atomic E-state index is 11.1. The summed E-state index contributed by atoms with van der Waals surface area (Å²) in [7, 11) is 3.52. The summed E-state index contributed by atoms with van der Waals surface area (Å²) in [4.78, 5) is 11.1. The van der Waals surface area contributed by atoms with Crippen LogP contribution in [-0.4, -0.2) is 53.8 Å². The van der Waals surface area contributed by atoms with E-state index in [0.717, 1.165) is 13.2 Å². The number of ether oxygens (including phenoxy) is 3. The molecule has 0 aliphatic heterocycles. The summed E-state index contributed by atoms with van der Waals surface area (Å²) in [6, 6.07) is 2.42. The van der Waals surface area contributed by atoms with E-state index < -0.39 is 23.4 Å². The fraction of sp³-hybridized carbons (Fsp3) is 0.417. The van der Waals surface area contributed by atoms with Crippen molar-refractivity contribution >= 4 is 22.0 Å². The average Bonchev–Trinajstić information content (AvgIpc) is 2.45. The van der Waals surface area contributed by atoms with Crippen molar-refractivity contribution in [1.29, 1.82) is 0 Å². The van der Waals surface area contributed by atoms with Crippen molar-refractivity contribution in [3.8, 4) is 11.5 Å². The van der Waals surface area contributed by atoms with Gasteiger partial charge in [-0.25, -0.2) is 4.79 Å². The van der Waals surface area contributed by atoms with Gasteiger partial charge in [-0.2, -0.15) is 0 Å². The number of carbonyl (C=O) groups is 1. The fourth-order valence-corrected chi connectivity index (χ4v) is 2.09. The van der Waals surface area contributed by atoms with E-state index in [1.54, 1.807) is 0 Å². The summed E-state index contributed by atoms with van der Waals surface area (Å²) in [6.45, 7) is 0. The lowest BCUT2D eigenvalue weighted by molar-refractivity contribution is -0.375. The normalized spacial score (nSPS) is 11.8. The van der Waals surface area contributed by atoms with Crippen LogP contribution >= 0.6 is 15.9 Å². The lowest BCUT2D eigenvalue weighted by Gasteiger charge is -2.35. The van der Waals surface area contributed by atoms with Gasteiger partial charge in [0.15, 0.2) is 0 Å². The van der Waals surface area contributed by atoms with Crippen LogP contribution in [0.4, 0.5) is 4.79 Å². The van der Waals surface area contributed by atoms with Crippen LogP contribution in [0.1, 0.15) is 5.56 Å². The minimum atomic E-state index is -3.47. The smallest absolute Gasteiger partial charge is 0.411 e. The molecule has 0 heterocycles. The van der Waals surface area contributed by atoms with Crippen molar-refractivity contribution in [3.05, 3.63) is 22.2 Å². The average molecular weight is 382 g/mol. The Bertz CT molecular complexity index is 560. The second-order valence-corrected chi connectivity index (χ2v) is 5.00. The summed E-state index contributed by atoms with van der Waals surface area (Å²) in [6.07, 6.45) is -1.29. The molecule has 22 heavy (non-hydrogen) atoms. The van der Waals surface area contributed by atoms with Crippen LogP contribution in [0.3, 0.4) is 0 Å². The maximum absolute atomic E-state index is 11.1. The Kier molecular flexibility index (Phi) is 5.59. The first kappa shape index (κ1) is 18.5. The van der Waals surface area contributed by atoms with Crippen LogP contribution in [0.2, 0.25) is 0 Å². The molecular weight excluding hydrogens is 366 g/mol. The van der Waals surface area contributed by atoms with Gasteiger partial charge in [0.2, 0.25) is 0 Å². The number of amides is 1. The molecule has 10 heteroatoms. The number of nitrogens with one attached hydrogen (secondary N) is 1. The van der Waals surface area contributed by atoms with E-state index in [1.807, 2.05) is 0 Å². The summed E-state index contributed by atoms with van der Waals surface area (Å²) in [5.74, 6) is -6.74. The Morgan fingerprint density at radius 2 is 1.64 bits per heavy atom. The monoisotopic (exact) mass is 381 g/mol. The number of rotatable bonds is 5. The molecule has 1 amide bonds. The number of hydrogen-bond donors (Lipinski definition) is 5. The third kappa shape index (κ3) is 3.42. The lowest BCUT2D eigenvalue weighted by atomic mass is 10.0. The first-order valence-corrected chi connectivity index (χ1v) is 6.57. The Hall–Kier alpha value is -1.59. The molecule has 0 spiro atoms. The molecule has 1 aromatic carbocycles. The van der Waals surface area contributed by atoms with Crippen molar-refractivity contribution in [1.82, 2.24) is 5.32 Å². The van der Waals surface area contributed by atoms with E-state index in [-0.39, 0.29) is 11.5 Å². The van der Waals surface area contributed by atoms with E-state index in [4.69, 9.17) is 9.47 Å². The van der Waals surface area contributed by atoms with Gasteiger partial charge in [-0.05, 0) is 28.1 Å². The maximum Gasteiger partial charge on any atom is 0.411 e. The second-order valence-electron chi connectivity index (χ2n) is 4.15. The molecule has 5 N–H and O–H groups in total. The van der Waals surface area contributed by atoms with Crippen molar-refractivity contribution in [2.24, 2.45) is 0 Å². The van der Waals surface area contributed by atoms with E-state index >= 15 is 0 Å². The van der Waals surface area contributed by atoms with Gasteiger partial charge >= 0.3 is 12.0 Å². The highest BCUT2D eigenvalue weighted by Crippen LogP contribution is 2.40. The molecular formula is C12H16BrNO8. The third-order valence-corrected chi connectivity index (χ3v) is 3.42. The minimum Gasteiger partial charge on any atom is -0.496 e. The van der Waals surface area contributed by atoms with Crippen molar-refractivity contribution in [3.63, 3.8) is 0 Å². The SMILES string of the molecule is COC(=O)NC(O)(O)C(O)(O)c1cc(OC)c(Br)cc1OC. The van der Waals surface area contributed by atoms with Gasteiger partial charge in [-0.3, -0.25) is 5.32 Å². The molecule has 0 aromatic heterocycles. The van der Waals surface area contributed by atoms with Crippen LogP contribution in [0.15, 0.2) is 16.6 Å². The van der Waals surface area contributed by atoms with Crippen molar-refractivity contribution in [2.45, 2.75) is 11.7 Å². The molecule has 124 valence electrons. The van der Waals surface area contributed by atoms with Crippen LogP contribution in [-0.2, 0) is 10.5 Å². The number of methoxy groups -OCH3 is 3. The van der Waals surface area contributed by atoms with Gasteiger partial charge in [0.05, 0.1) is 31.4 Å². The number of hydrogen-bond acceptors (Lipinski definition) is 8. The van der Waals surface area contributed by atoms with E-state index in [1.165, 1.54) is 25.6 Å². The minimum absolute atomic E-state index is 0.100. The second kappa shape index (κ2) is 6.67. The number of alkyl carbamates (subject to hydrolysis) is 1. The van der Waals surface area contributed by atoms with Gasteiger partial charge in [0, 0.05) is 0 Å². The molecule has 0 saturated carbocycles. The van der Waals surface area contributed by atoms with Gasteiger partial charge in [-0.15, -0.1) is 0 Å². The quantitative estimate of drug-likeness (QED) is 0.434. The highest BCUT2D eigenvalue weighted by molar-refractivity contribution is 9.10. The van der Waals surface area contributed by atoms with Gasteiger partial charge < -0.3 is 34.6 Å². The van der Waals surface area contributed by atoms with E-state index in [0.29, 0.717) is 4.47 Å². The number of carbonyl (C=O) groups excluding carboxylic acids is 1. The van der Waals surface area contributed by atoms with Crippen LogP contribution < -0.4 is 14.8 Å². The fourth-order valence-electron chi connectivity index (χ4n) is 1.60. The van der Waals surface area contributed by atoms with E-state index in [9.17, 15) is 25.2 Å². The summed E-state index contributed by atoms with van der Waals surface area (Å²) in [5, 5.41) is 41.3. The Morgan fingerprint density at radius 1 is 1.09 bits per heavy atom. The standard InChI is InChI=1S/C12H16BrNO8/c1-20-8-5-7(13)9(21-2)4-6(8)11(16,17)12(18,19)14-10(15)22-3/h4-5,16-19H,1-3H3,(H,14,15). The molecule has 0 unspecified atom stereocenters. The van der Waals surface area contributed by atoms with Crippen molar-refractivity contribution < 1.29 is 39.4 Å². The molecule has 0 bridgehead atoms. The largest absolute Gasteiger partial charge is 0.496 e. The molecule has 0 aliphatic carbocycles. The molecule has 0 radical (unpaired) electrons. The van der Waals surface area contributed by atoms with Gasteiger partial charge in [-0.1, -0.05) is 0 Å². The summed E-state index contributed by atoms with van der Waals surface area (Å²) in [5.41, 5.74) is -0.462. The van der Waals surface area contributed by atoms with Crippen molar-refractivity contribution in [2.75, 3.05) is 21.3 Å². The summed E-state index contributed by atoms with van der Waals surface area (Å²) >= 11 is 3.17. The van der Waals surface area contributed by atoms with Crippen LogP contribution in [0.25, 0.3) is 0 Å². The highest BCUT2D eigenvalue weighted by atomic mass is 79.9. The molecule has 0 fully saturated rings. The van der Waals surface area contributed by atoms with Gasteiger partial charge in [0.25, 0.3) is 5.79 Å². The zero-order valence-corrected chi connectivity index (χ0v) is 13.5. The predicted molar refractivity (Wildman–Crippen MR) is 76.1 cm³/mol. The molecule has 1 aromatic rings. The molecule has 0 saturated heterocycles. The molecule has 0 aliphatic rings. The van der Waals surface area contributed by atoms with Crippen LogP contribution in [0, 0.1) is 0 Å². The van der Waals surface area contributed by atoms with Gasteiger partial charge in [0.1, 0.15) is 11.5 Å². The molecule has 1 rings (SSSR count). The number of halogens is 1. The molecule has 9 nitrogen and oxygen atoms in total. The third-order valence-electron chi connectivity index (χ3n) is 2.80. The first-order chi connectivity index (χ1) is 10.1.